The molecule has 0 spiro atoms. The normalized spacial score (nSPS) is 43.1. The van der Waals surface area contributed by atoms with Crippen molar-refractivity contribution in [1.82, 2.24) is 4.98 Å². The van der Waals surface area contributed by atoms with Gasteiger partial charge in [-0.05, 0) is 104 Å². The lowest BCUT2D eigenvalue weighted by Crippen LogP contribution is -2.58. The first-order chi connectivity index (χ1) is 17.1. The van der Waals surface area contributed by atoms with Crippen LogP contribution in [0.5, 0.6) is 0 Å². The summed E-state index contributed by atoms with van der Waals surface area (Å²) in [6, 6.07) is 2.19. The molecule has 4 aliphatic carbocycles. The van der Waals surface area contributed by atoms with Crippen molar-refractivity contribution in [2.24, 2.45) is 46.3 Å². The predicted octanol–water partition coefficient (Wildman–Crippen LogP) is 6.67. The first-order valence-corrected chi connectivity index (χ1v) is 14.2. The van der Waals surface area contributed by atoms with Gasteiger partial charge in [-0.1, -0.05) is 20.8 Å². The second kappa shape index (κ2) is 8.76. The average molecular weight is 502 g/mol. The third-order valence-corrected chi connectivity index (χ3v) is 11.7. The van der Waals surface area contributed by atoms with Gasteiger partial charge in [-0.3, -0.25) is 0 Å². The molecule has 0 saturated heterocycles. The molecule has 2 N–H and O–H groups in total. The fourth-order valence-corrected chi connectivity index (χ4v) is 9.81. The van der Waals surface area contributed by atoms with Gasteiger partial charge in [0, 0.05) is 18.6 Å². The van der Waals surface area contributed by atoms with Crippen LogP contribution in [0.1, 0.15) is 84.4 Å². The number of benzene rings is 1. The van der Waals surface area contributed by atoms with Gasteiger partial charge in [-0.2, -0.15) is 0 Å². The van der Waals surface area contributed by atoms with Gasteiger partial charge in [0.2, 0.25) is 0 Å². The highest BCUT2D eigenvalue weighted by Crippen LogP contribution is 2.68. The molecule has 0 amide bonds. The minimum atomic E-state index is -0.909. The Bertz CT molecular complexity index is 1100. The zero-order valence-corrected chi connectivity index (χ0v) is 21.9. The average Bonchev–Trinajstić information content (AvgIpc) is 3.39. The van der Waals surface area contributed by atoms with Crippen molar-refractivity contribution in [3.05, 3.63) is 29.7 Å². The molecule has 4 nitrogen and oxygen atoms in total. The summed E-state index contributed by atoms with van der Waals surface area (Å²) >= 11 is 0. The van der Waals surface area contributed by atoms with Gasteiger partial charge in [0.15, 0.2) is 23.1 Å². The number of oxazole rings is 1. The number of aryl methyl sites for hydroxylation is 1. The van der Waals surface area contributed by atoms with Crippen LogP contribution in [0.15, 0.2) is 16.5 Å². The number of aliphatic hydroxyl groups is 2. The summed E-state index contributed by atoms with van der Waals surface area (Å²) in [6.45, 7) is 7.28. The van der Waals surface area contributed by atoms with Crippen molar-refractivity contribution in [3.63, 3.8) is 0 Å². The van der Waals surface area contributed by atoms with Crippen LogP contribution in [0.4, 0.5) is 8.78 Å². The number of hydrogen-bond acceptors (Lipinski definition) is 4. The van der Waals surface area contributed by atoms with Crippen LogP contribution >= 0.6 is 0 Å². The van der Waals surface area contributed by atoms with Gasteiger partial charge in [0.25, 0.3) is 0 Å². The van der Waals surface area contributed by atoms with Crippen LogP contribution in [-0.4, -0.2) is 27.4 Å². The summed E-state index contributed by atoms with van der Waals surface area (Å²) in [7, 11) is 0. The molecule has 4 saturated carbocycles. The number of nitrogens with zero attached hydrogens (tertiary/aromatic N) is 1. The lowest BCUT2D eigenvalue weighted by molar-refractivity contribution is -0.174. The van der Waals surface area contributed by atoms with E-state index in [2.05, 4.69) is 25.8 Å². The van der Waals surface area contributed by atoms with Crippen LogP contribution in [0, 0.1) is 58.0 Å². The minimum Gasteiger partial charge on any atom is -0.441 e. The summed E-state index contributed by atoms with van der Waals surface area (Å²) in [6.07, 6.45) is 9.62. The Hall–Kier alpha value is -1.53. The fourth-order valence-electron chi connectivity index (χ4n) is 9.81. The third kappa shape index (κ3) is 3.76. The summed E-state index contributed by atoms with van der Waals surface area (Å²) in [5, 5.41) is 21.7. The monoisotopic (exact) mass is 501 g/mol. The first-order valence-electron chi connectivity index (χ1n) is 14.2. The van der Waals surface area contributed by atoms with Crippen molar-refractivity contribution in [1.29, 1.82) is 0 Å². The van der Waals surface area contributed by atoms with E-state index in [0.29, 0.717) is 58.9 Å². The quantitative estimate of drug-likeness (QED) is 0.491. The first kappa shape index (κ1) is 24.8. The predicted molar refractivity (Wildman–Crippen MR) is 134 cm³/mol. The van der Waals surface area contributed by atoms with Crippen LogP contribution in [-0.2, 0) is 6.42 Å². The second-order valence-corrected chi connectivity index (χ2v) is 13.3. The molecule has 198 valence electrons. The van der Waals surface area contributed by atoms with Gasteiger partial charge < -0.3 is 14.6 Å². The Morgan fingerprint density at radius 2 is 1.72 bits per heavy atom. The van der Waals surface area contributed by atoms with Gasteiger partial charge in [-0.15, -0.1) is 0 Å². The molecule has 10 atom stereocenters. The molecular formula is C30H41F2NO3. The van der Waals surface area contributed by atoms with Gasteiger partial charge in [-0.25, -0.2) is 13.8 Å². The van der Waals surface area contributed by atoms with Crippen LogP contribution in [0.3, 0.4) is 0 Å². The van der Waals surface area contributed by atoms with E-state index in [1.165, 1.54) is 25.7 Å². The number of rotatable bonds is 4. The molecule has 4 fully saturated rings. The van der Waals surface area contributed by atoms with Crippen molar-refractivity contribution < 1.29 is 23.4 Å². The van der Waals surface area contributed by atoms with E-state index in [0.717, 1.165) is 44.2 Å². The molecule has 0 radical (unpaired) electrons. The molecule has 2 aromatic rings. The van der Waals surface area contributed by atoms with Crippen LogP contribution < -0.4 is 0 Å². The smallest absolute Gasteiger partial charge is 0.195 e. The van der Waals surface area contributed by atoms with Gasteiger partial charge in [0.05, 0.1) is 12.2 Å². The topological polar surface area (TPSA) is 66.5 Å². The molecule has 1 unspecified atom stereocenters. The molecule has 0 bridgehead atoms. The Morgan fingerprint density at radius 3 is 2.53 bits per heavy atom. The minimum absolute atomic E-state index is 0.198. The number of halogens is 2. The molecule has 36 heavy (non-hydrogen) atoms. The molecule has 6 rings (SSSR count). The SMILES string of the molecule is CC(CCc1nc2cc(F)c(F)cc2o1)[C@H]1CC[C@H]2[C@@H]3[C@@H](O)C[C@@H]4C[C@H](O)CC[C@]4(C)[C@H]3CC[C@]12C. The van der Waals surface area contributed by atoms with E-state index in [-0.39, 0.29) is 23.0 Å². The number of aliphatic hydroxyl groups excluding tert-OH is 2. The van der Waals surface area contributed by atoms with Crippen molar-refractivity contribution in [2.75, 3.05) is 0 Å². The maximum atomic E-state index is 13.6. The van der Waals surface area contributed by atoms with E-state index >= 15 is 0 Å². The highest BCUT2D eigenvalue weighted by atomic mass is 19.2. The molecule has 1 aromatic carbocycles. The lowest BCUT2D eigenvalue weighted by Gasteiger charge is -2.62. The van der Waals surface area contributed by atoms with E-state index in [4.69, 9.17) is 4.42 Å². The van der Waals surface area contributed by atoms with E-state index < -0.39 is 11.6 Å². The zero-order chi connectivity index (χ0) is 25.4. The third-order valence-electron chi connectivity index (χ3n) is 11.7. The number of hydrogen-bond donors (Lipinski definition) is 2. The van der Waals surface area contributed by atoms with Crippen LogP contribution in [0.25, 0.3) is 11.1 Å². The molecule has 1 aromatic heterocycles. The van der Waals surface area contributed by atoms with Gasteiger partial charge in [0.1, 0.15) is 5.52 Å². The van der Waals surface area contributed by atoms with E-state index in [1.54, 1.807) is 0 Å². The van der Waals surface area contributed by atoms with Crippen molar-refractivity contribution >= 4 is 11.1 Å². The molecule has 1 heterocycles. The molecule has 4 aliphatic rings. The largest absolute Gasteiger partial charge is 0.441 e. The molecule has 0 aliphatic heterocycles. The number of fused-ring (bicyclic) bond motifs is 6. The van der Waals surface area contributed by atoms with E-state index in [1.807, 2.05) is 0 Å². The Balaban J connectivity index is 1.17. The summed E-state index contributed by atoms with van der Waals surface area (Å²) in [4.78, 5) is 4.40. The zero-order valence-electron chi connectivity index (χ0n) is 21.9. The van der Waals surface area contributed by atoms with Crippen molar-refractivity contribution in [2.45, 2.75) is 97.2 Å². The Kier molecular flexibility index (Phi) is 6.03. The Morgan fingerprint density at radius 1 is 1.00 bits per heavy atom. The summed E-state index contributed by atoms with van der Waals surface area (Å²) in [5.74, 6) is 1.74. The molecule has 6 heteroatoms. The fraction of sp³-hybridized carbons (Fsp3) is 0.767. The van der Waals surface area contributed by atoms with Crippen molar-refractivity contribution in [3.8, 4) is 0 Å². The maximum absolute atomic E-state index is 13.6. The highest BCUT2D eigenvalue weighted by molar-refractivity contribution is 5.72. The number of aromatic nitrogens is 1. The van der Waals surface area contributed by atoms with Gasteiger partial charge >= 0.3 is 0 Å². The highest BCUT2D eigenvalue weighted by Gasteiger charge is 2.62. The lowest BCUT2D eigenvalue weighted by atomic mass is 9.43. The maximum Gasteiger partial charge on any atom is 0.195 e. The molecular weight excluding hydrogens is 460 g/mol. The summed E-state index contributed by atoms with van der Waals surface area (Å²) < 4.78 is 32.9. The van der Waals surface area contributed by atoms with E-state index in [9.17, 15) is 19.0 Å². The summed E-state index contributed by atoms with van der Waals surface area (Å²) in [5.41, 5.74) is 1.15. The van der Waals surface area contributed by atoms with Crippen LogP contribution in [0.2, 0.25) is 0 Å². The second-order valence-electron chi connectivity index (χ2n) is 13.3. The standard InChI is InChI=1S/C30H41F2NO3/c1-16(4-7-27-33-24-14-22(31)23(32)15-26(24)36-27)19-5-6-20-28-21(9-11-30(19,20)3)29(2)10-8-18(34)12-17(29)13-25(28)35/h14-21,25,28,34-35H,4-13H2,1-3H3/t16?,17-,18+,19+,20-,21-,25-,28-,29-,30+/m0/s1. The Labute approximate surface area is 212 Å².